The van der Waals surface area contributed by atoms with Crippen LogP contribution in [0.5, 0.6) is 5.88 Å². The molecular weight excluding hydrogens is 184 g/mol. The van der Waals surface area contributed by atoms with Crippen molar-refractivity contribution in [3.8, 4) is 5.88 Å². The van der Waals surface area contributed by atoms with E-state index >= 15 is 0 Å². The number of alkyl halides is 2. The lowest BCUT2D eigenvalue weighted by Crippen LogP contribution is -2.22. The molecule has 13 heavy (non-hydrogen) atoms. The smallest absolute Gasteiger partial charge is 0.390 e. The quantitative estimate of drug-likeness (QED) is 0.758. The molecule has 0 atom stereocenters. The normalized spacial score (nSPS) is 10.2. The monoisotopic (exact) mass is 191 g/mol. The highest BCUT2D eigenvalue weighted by atomic mass is 19.3. The van der Waals surface area contributed by atoms with E-state index in [-0.39, 0.29) is 5.88 Å². The van der Waals surface area contributed by atoms with Gasteiger partial charge in [-0.15, -0.1) is 5.10 Å². The molecule has 1 N–H and O–H groups in total. The van der Waals surface area contributed by atoms with Crippen molar-refractivity contribution in [3.63, 3.8) is 0 Å². The number of carbonyl (C=O) groups is 1. The molecule has 72 valence electrons. The highest BCUT2D eigenvalue weighted by Gasteiger charge is 2.09. The third-order valence-corrected chi connectivity index (χ3v) is 1.19. The SMILES string of the molecule is CNC(=O)Oc1ccn(C(F)F)n1. The maximum absolute atomic E-state index is 11.9. The Labute approximate surface area is 72.3 Å². The molecule has 1 heterocycles. The summed E-state index contributed by atoms with van der Waals surface area (Å²) in [5.41, 5.74) is 0. The standard InChI is InChI=1S/C6H7F2N3O2/c1-9-6(12)13-4-2-3-11(10-4)5(7)8/h2-3,5H,1H3,(H,9,12). The Morgan fingerprint density at radius 3 is 2.92 bits per heavy atom. The Hall–Kier alpha value is -1.66. The van der Waals surface area contributed by atoms with Crippen LogP contribution in [0.3, 0.4) is 0 Å². The van der Waals surface area contributed by atoms with Gasteiger partial charge in [0.15, 0.2) is 0 Å². The second-order valence-corrected chi connectivity index (χ2v) is 2.05. The predicted octanol–water partition coefficient (Wildman–Crippen LogP) is 0.996. The van der Waals surface area contributed by atoms with Crippen molar-refractivity contribution < 1.29 is 18.3 Å². The summed E-state index contributed by atoms with van der Waals surface area (Å²) in [7, 11) is 1.35. The predicted molar refractivity (Wildman–Crippen MR) is 38.6 cm³/mol. The molecule has 0 fully saturated rings. The van der Waals surface area contributed by atoms with Crippen molar-refractivity contribution in [1.29, 1.82) is 0 Å². The van der Waals surface area contributed by atoms with Gasteiger partial charge < -0.3 is 10.1 Å². The summed E-state index contributed by atoms with van der Waals surface area (Å²) < 4.78 is 28.8. The molecule has 1 aromatic rings. The van der Waals surface area contributed by atoms with Crippen LogP contribution in [0, 0.1) is 0 Å². The maximum atomic E-state index is 11.9. The molecule has 0 bridgehead atoms. The Bertz CT molecular complexity index is 300. The first-order valence-electron chi connectivity index (χ1n) is 3.36. The summed E-state index contributed by atoms with van der Waals surface area (Å²) in [6.07, 6.45) is 0.266. The minimum absolute atomic E-state index is 0.167. The van der Waals surface area contributed by atoms with Crippen LogP contribution in [0.15, 0.2) is 12.3 Å². The van der Waals surface area contributed by atoms with Gasteiger partial charge in [0.25, 0.3) is 0 Å². The Kier molecular flexibility index (Phi) is 2.78. The number of nitrogens with zero attached hydrogens (tertiary/aromatic N) is 2. The molecule has 0 aliphatic heterocycles. The molecule has 1 amide bonds. The lowest BCUT2D eigenvalue weighted by Gasteiger charge is -1.98. The van der Waals surface area contributed by atoms with Gasteiger partial charge in [0.2, 0.25) is 5.88 Å². The van der Waals surface area contributed by atoms with Crippen molar-refractivity contribution in [2.45, 2.75) is 6.55 Å². The van der Waals surface area contributed by atoms with Crippen molar-refractivity contribution >= 4 is 6.09 Å². The maximum Gasteiger partial charge on any atom is 0.413 e. The largest absolute Gasteiger partial charge is 0.413 e. The molecule has 1 rings (SSSR count). The van der Waals surface area contributed by atoms with E-state index in [0.29, 0.717) is 4.68 Å². The number of halogens is 2. The number of hydrogen-bond acceptors (Lipinski definition) is 3. The molecule has 0 radical (unpaired) electrons. The molecule has 1 aromatic heterocycles. The van der Waals surface area contributed by atoms with E-state index < -0.39 is 12.6 Å². The first-order valence-corrected chi connectivity index (χ1v) is 3.36. The van der Waals surface area contributed by atoms with Crippen molar-refractivity contribution in [3.05, 3.63) is 12.3 Å². The lowest BCUT2D eigenvalue weighted by molar-refractivity contribution is 0.0554. The van der Waals surface area contributed by atoms with Gasteiger partial charge in [-0.05, 0) is 0 Å². The van der Waals surface area contributed by atoms with E-state index in [1.807, 2.05) is 0 Å². The fraction of sp³-hybridized carbons (Fsp3) is 0.333. The van der Waals surface area contributed by atoms with E-state index in [9.17, 15) is 13.6 Å². The Morgan fingerprint density at radius 2 is 2.46 bits per heavy atom. The van der Waals surface area contributed by atoms with Crippen LogP contribution in [0.2, 0.25) is 0 Å². The first kappa shape index (κ1) is 9.43. The van der Waals surface area contributed by atoms with Gasteiger partial charge in [-0.1, -0.05) is 0 Å². The fourth-order valence-electron chi connectivity index (χ4n) is 0.630. The first-order chi connectivity index (χ1) is 6.13. The number of nitrogens with one attached hydrogen (secondary N) is 1. The molecule has 7 heteroatoms. The van der Waals surface area contributed by atoms with Crippen molar-refractivity contribution in [2.75, 3.05) is 7.05 Å². The van der Waals surface area contributed by atoms with Gasteiger partial charge in [-0.25, -0.2) is 9.48 Å². The van der Waals surface area contributed by atoms with Crippen LogP contribution in [0.4, 0.5) is 13.6 Å². The number of amides is 1. The zero-order chi connectivity index (χ0) is 9.84. The van der Waals surface area contributed by atoms with E-state index in [2.05, 4.69) is 15.2 Å². The summed E-state index contributed by atoms with van der Waals surface area (Å²) in [6.45, 7) is -2.73. The molecular formula is C6H7F2N3O2. The summed E-state index contributed by atoms with van der Waals surface area (Å²) >= 11 is 0. The van der Waals surface area contributed by atoms with E-state index in [4.69, 9.17) is 0 Å². The molecule has 0 aliphatic rings. The van der Waals surface area contributed by atoms with Gasteiger partial charge >= 0.3 is 12.6 Å². The van der Waals surface area contributed by atoms with Crippen molar-refractivity contribution in [1.82, 2.24) is 15.1 Å². The second kappa shape index (κ2) is 3.83. The summed E-state index contributed by atoms with van der Waals surface area (Å²) in [6, 6.07) is 1.17. The molecule has 0 aliphatic carbocycles. The number of hydrogen-bond donors (Lipinski definition) is 1. The van der Waals surface area contributed by atoms with Gasteiger partial charge in [0.1, 0.15) is 0 Å². The molecule has 0 unspecified atom stereocenters. The molecule has 0 saturated carbocycles. The van der Waals surface area contributed by atoms with E-state index in [1.165, 1.54) is 13.1 Å². The van der Waals surface area contributed by atoms with E-state index in [1.54, 1.807) is 0 Å². The van der Waals surface area contributed by atoms with Crippen LogP contribution in [-0.2, 0) is 0 Å². The van der Waals surface area contributed by atoms with Crippen molar-refractivity contribution in [2.24, 2.45) is 0 Å². The zero-order valence-corrected chi connectivity index (χ0v) is 6.70. The molecule has 0 saturated heterocycles. The third kappa shape index (κ3) is 2.39. The van der Waals surface area contributed by atoms with Crippen LogP contribution in [-0.4, -0.2) is 22.9 Å². The topological polar surface area (TPSA) is 56.1 Å². The van der Waals surface area contributed by atoms with Gasteiger partial charge in [-0.2, -0.15) is 8.78 Å². The molecule has 5 nitrogen and oxygen atoms in total. The number of ether oxygens (including phenoxy) is 1. The van der Waals surface area contributed by atoms with Gasteiger partial charge in [0.05, 0.1) is 0 Å². The van der Waals surface area contributed by atoms with Crippen LogP contribution in [0.1, 0.15) is 6.55 Å². The Morgan fingerprint density at radius 1 is 1.77 bits per heavy atom. The highest BCUT2D eigenvalue weighted by molar-refractivity contribution is 5.69. The lowest BCUT2D eigenvalue weighted by atomic mass is 10.7. The van der Waals surface area contributed by atoms with Gasteiger partial charge in [-0.3, -0.25) is 0 Å². The van der Waals surface area contributed by atoms with Gasteiger partial charge in [0, 0.05) is 19.3 Å². The number of rotatable bonds is 2. The second-order valence-electron chi connectivity index (χ2n) is 2.05. The summed E-state index contributed by atoms with van der Waals surface area (Å²) in [5.74, 6) is -0.167. The van der Waals surface area contributed by atoms with Crippen LogP contribution < -0.4 is 10.1 Å². The molecule has 0 aromatic carbocycles. The molecule has 0 spiro atoms. The van der Waals surface area contributed by atoms with E-state index in [0.717, 1.165) is 6.20 Å². The number of carbonyl (C=O) groups excluding carboxylic acids is 1. The Balaban J connectivity index is 2.64. The minimum Gasteiger partial charge on any atom is -0.390 e. The average Bonchev–Trinajstić information content (AvgIpc) is 2.52. The zero-order valence-electron chi connectivity index (χ0n) is 6.70. The number of aromatic nitrogens is 2. The summed E-state index contributed by atoms with van der Waals surface area (Å²) in [5, 5.41) is 5.44. The summed E-state index contributed by atoms with van der Waals surface area (Å²) in [4.78, 5) is 10.6. The minimum atomic E-state index is -2.73. The average molecular weight is 191 g/mol. The fourth-order valence-corrected chi connectivity index (χ4v) is 0.630. The third-order valence-electron chi connectivity index (χ3n) is 1.19. The van der Waals surface area contributed by atoms with Crippen LogP contribution in [0.25, 0.3) is 0 Å². The highest BCUT2D eigenvalue weighted by Crippen LogP contribution is 2.12. The van der Waals surface area contributed by atoms with Crippen LogP contribution >= 0.6 is 0 Å².